The minimum atomic E-state index is 0.0208. The summed E-state index contributed by atoms with van der Waals surface area (Å²) in [6.07, 6.45) is 4.68. The second-order valence-electron chi connectivity index (χ2n) is 7.29. The number of hydrogen-bond donors (Lipinski definition) is 2. The molecule has 138 valence electrons. The highest BCUT2D eigenvalue weighted by atomic mass is 16.2. The van der Waals surface area contributed by atoms with Gasteiger partial charge >= 0.3 is 0 Å². The minimum absolute atomic E-state index is 0.0208. The van der Waals surface area contributed by atoms with Crippen LogP contribution >= 0.6 is 0 Å². The van der Waals surface area contributed by atoms with Crippen LogP contribution in [-0.4, -0.2) is 66.4 Å². The Morgan fingerprint density at radius 2 is 1.88 bits per heavy atom. The summed E-state index contributed by atoms with van der Waals surface area (Å²) in [5.74, 6) is 0.115. The Kier molecular flexibility index (Phi) is 4.68. The molecule has 1 aromatic heterocycles. The van der Waals surface area contributed by atoms with E-state index < -0.39 is 0 Å². The number of fused-ring (bicyclic) bond motifs is 3. The number of aromatic amines is 1. The molecule has 0 unspecified atom stereocenters. The van der Waals surface area contributed by atoms with Crippen LogP contribution in [0.1, 0.15) is 34.5 Å². The van der Waals surface area contributed by atoms with E-state index in [2.05, 4.69) is 21.3 Å². The molecule has 6 heteroatoms. The number of piperazine rings is 1. The third-order valence-electron chi connectivity index (χ3n) is 5.65. The maximum absolute atomic E-state index is 12.9. The maximum atomic E-state index is 12.9. The zero-order valence-electron chi connectivity index (χ0n) is 15.3. The van der Waals surface area contributed by atoms with Gasteiger partial charge in [0.2, 0.25) is 5.91 Å². The Bertz CT molecular complexity index is 834. The molecule has 2 aromatic rings. The summed E-state index contributed by atoms with van der Waals surface area (Å²) in [7, 11) is 1.65. The van der Waals surface area contributed by atoms with Crippen LogP contribution in [-0.2, 0) is 17.6 Å². The van der Waals surface area contributed by atoms with Gasteiger partial charge in [0.05, 0.1) is 6.54 Å². The smallest absolute Gasteiger partial charge is 0.253 e. The fourth-order valence-corrected chi connectivity index (χ4v) is 4.11. The SMILES string of the molecule is CNC(=O)CN1CCN(C(=O)c2ccc3[nH]c4c(c3c2)CCCC4)CC1. The molecule has 2 amide bonds. The molecular formula is C20H26N4O2. The average Bonchev–Trinajstić information content (AvgIpc) is 3.06. The number of benzene rings is 1. The molecule has 0 atom stereocenters. The summed E-state index contributed by atoms with van der Waals surface area (Å²) >= 11 is 0. The lowest BCUT2D eigenvalue weighted by Crippen LogP contribution is -2.50. The van der Waals surface area contributed by atoms with Crippen LogP contribution in [0.2, 0.25) is 0 Å². The van der Waals surface area contributed by atoms with Gasteiger partial charge in [-0.3, -0.25) is 14.5 Å². The highest BCUT2D eigenvalue weighted by molar-refractivity contribution is 5.99. The molecule has 2 heterocycles. The van der Waals surface area contributed by atoms with E-state index in [1.54, 1.807) is 7.05 Å². The van der Waals surface area contributed by atoms with Crippen molar-refractivity contribution < 1.29 is 9.59 Å². The van der Waals surface area contributed by atoms with Gasteiger partial charge in [-0.05, 0) is 49.4 Å². The maximum Gasteiger partial charge on any atom is 0.253 e. The second-order valence-corrected chi connectivity index (χ2v) is 7.29. The number of nitrogens with one attached hydrogen (secondary N) is 2. The Morgan fingerprint density at radius 1 is 1.12 bits per heavy atom. The standard InChI is InChI=1S/C20H26N4O2/c1-21-19(25)13-23-8-10-24(11-9-23)20(26)14-6-7-18-16(12-14)15-4-2-3-5-17(15)22-18/h6-7,12,22H,2-5,8-11,13H2,1H3,(H,21,25). The molecule has 1 aliphatic heterocycles. The van der Waals surface area contributed by atoms with Crippen LogP contribution in [0.15, 0.2) is 18.2 Å². The first-order valence-electron chi connectivity index (χ1n) is 9.51. The third-order valence-corrected chi connectivity index (χ3v) is 5.65. The zero-order valence-corrected chi connectivity index (χ0v) is 15.3. The van der Waals surface area contributed by atoms with Crippen molar-refractivity contribution in [1.29, 1.82) is 0 Å². The Morgan fingerprint density at radius 3 is 2.65 bits per heavy atom. The topological polar surface area (TPSA) is 68.4 Å². The van der Waals surface area contributed by atoms with E-state index in [0.29, 0.717) is 19.6 Å². The van der Waals surface area contributed by atoms with Crippen LogP contribution < -0.4 is 5.32 Å². The first-order chi connectivity index (χ1) is 12.7. The molecule has 4 rings (SSSR count). The number of likely N-dealkylation sites (N-methyl/N-ethyl adjacent to an activating group) is 1. The van der Waals surface area contributed by atoms with Crippen molar-refractivity contribution in [2.75, 3.05) is 39.8 Å². The summed E-state index contributed by atoms with van der Waals surface area (Å²) in [5, 5.41) is 3.86. The van der Waals surface area contributed by atoms with Gasteiger partial charge in [0.1, 0.15) is 0 Å². The predicted octanol–water partition coefficient (Wildman–Crippen LogP) is 1.55. The highest BCUT2D eigenvalue weighted by Crippen LogP contribution is 2.30. The van der Waals surface area contributed by atoms with E-state index >= 15 is 0 Å². The molecule has 1 aliphatic carbocycles. The van der Waals surface area contributed by atoms with Crippen molar-refractivity contribution in [1.82, 2.24) is 20.1 Å². The number of H-pyrrole nitrogens is 1. The quantitative estimate of drug-likeness (QED) is 0.879. The van der Waals surface area contributed by atoms with Crippen LogP contribution in [0.4, 0.5) is 0 Å². The molecule has 2 aliphatic rings. The van der Waals surface area contributed by atoms with E-state index in [-0.39, 0.29) is 11.8 Å². The Hall–Kier alpha value is -2.34. The number of aryl methyl sites for hydroxylation is 2. The lowest BCUT2D eigenvalue weighted by molar-refractivity contribution is -0.122. The monoisotopic (exact) mass is 354 g/mol. The molecule has 6 nitrogen and oxygen atoms in total. The number of aromatic nitrogens is 1. The minimum Gasteiger partial charge on any atom is -0.358 e. The molecule has 0 spiro atoms. The summed E-state index contributed by atoms with van der Waals surface area (Å²) in [4.78, 5) is 32.0. The fraction of sp³-hybridized carbons (Fsp3) is 0.500. The van der Waals surface area contributed by atoms with E-state index in [9.17, 15) is 9.59 Å². The van der Waals surface area contributed by atoms with Gasteiger partial charge in [0, 0.05) is 55.4 Å². The van der Waals surface area contributed by atoms with Crippen LogP contribution in [0.3, 0.4) is 0 Å². The largest absolute Gasteiger partial charge is 0.358 e. The van der Waals surface area contributed by atoms with Gasteiger partial charge < -0.3 is 15.2 Å². The van der Waals surface area contributed by atoms with Crippen molar-refractivity contribution in [3.8, 4) is 0 Å². The number of hydrogen-bond acceptors (Lipinski definition) is 3. The van der Waals surface area contributed by atoms with E-state index in [1.807, 2.05) is 17.0 Å². The molecule has 2 N–H and O–H groups in total. The van der Waals surface area contributed by atoms with E-state index in [4.69, 9.17) is 0 Å². The zero-order chi connectivity index (χ0) is 18.1. The first kappa shape index (κ1) is 17.1. The van der Waals surface area contributed by atoms with Crippen LogP contribution in [0, 0.1) is 0 Å². The van der Waals surface area contributed by atoms with E-state index in [1.165, 1.54) is 29.5 Å². The molecule has 0 bridgehead atoms. The molecule has 26 heavy (non-hydrogen) atoms. The van der Waals surface area contributed by atoms with Crippen LogP contribution in [0.5, 0.6) is 0 Å². The second kappa shape index (κ2) is 7.11. The number of nitrogens with zero attached hydrogens (tertiary/aromatic N) is 2. The van der Waals surface area contributed by atoms with Crippen molar-refractivity contribution in [3.05, 3.63) is 35.0 Å². The van der Waals surface area contributed by atoms with Crippen LogP contribution in [0.25, 0.3) is 10.9 Å². The van der Waals surface area contributed by atoms with Gasteiger partial charge in [-0.25, -0.2) is 0 Å². The molecule has 1 aromatic carbocycles. The lowest BCUT2D eigenvalue weighted by Gasteiger charge is -2.34. The average molecular weight is 354 g/mol. The number of amides is 2. The summed E-state index contributed by atoms with van der Waals surface area (Å²) in [5.41, 5.74) is 4.66. The van der Waals surface area contributed by atoms with Crippen molar-refractivity contribution in [2.24, 2.45) is 0 Å². The molecule has 1 fully saturated rings. The number of carbonyl (C=O) groups is 2. The summed E-state index contributed by atoms with van der Waals surface area (Å²) in [6, 6.07) is 6.04. The summed E-state index contributed by atoms with van der Waals surface area (Å²) in [6.45, 7) is 3.21. The Balaban J connectivity index is 1.47. The number of rotatable bonds is 3. The molecule has 1 saturated heterocycles. The van der Waals surface area contributed by atoms with Gasteiger partial charge in [0.25, 0.3) is 5.91 Å². The normalized spacial score (nSPS) is 18.0. The van der Waals surface area contributed by atoms with Crippen molar-refractivity contribution >= 4 is 22.7 Å². The molecular weight excluding hydrogens is 328 g/mol. The lowest BCUT2D eigenvalue weighted by atomic mass is 9.95. The first-order valence-corrected chi connectivity index (χ1v) is 9.51. The number of carbonyl (C=O) groups excluding carboxylic acids is 2. The van der Waals surface area contributed by atoms with Crippen molar-refractivity contribution in [2.45, 2.75) is 25.7 Å². The predicted molar refractivity (Wildman–Crippen MR) is 101 cm³/mol. The molecule has 0 radical (unpaired) electrons. The van der Waals surface area contributed by atoms with Crippen molar-refractivity contribution in [3.63, 3.8) is 0 Å². The van der Waals surface area contributed by atoms with Gasteiger partial charge in [-0.2, -0.15) is 0 Å². The summed E-state index contributed by atoms with van der Waals surface area (Å²) < 4.78 is 0. The fourth-order valence-electron chi connectivity index (χ4n) is 4.11. The Labute approximate surface area is 153 Å². The van der Waals surface area contributed by atoms with Gasteiger partial charge in [-0.1, -0.05) is 0 Å². The molecule has 0 saturated carbocycles. The van der Waals surface area contributed by atoms with Gasteiger partial charge in [-0.15, -0.1) is 0 Å². The van der Waals surface area contributed by atoms with E-state index in [0.717, 1.165) is 37.0 Å². The third kappa shape index (κ3) is 3.21. The highest BCUT2D eigenvalue weighted by Gasteiger charge is 2.24. The van der Waals surface area contributed by atoms with Gasteiger partial charge in [0.15, 0.2) is 0 Å².